The van der Waals surface area contributed by atoms with Gasteiger partial charge in [-0.2, -0.15) is 10.2 Å². The highest BCUT2D eigenvalue weighted by molar-refractivity contribution is 5.55. The van der Waals surface area contributed by atoms with Gasteiger partial charge in [0.15, 0.2) is 6.19 Å². The first-order valence-corrected chi connectivity index (χ1v) is 9.32. The molecular weight excluding hydrogens is 340 g/mol. The van der Waals surface area contributed by atoms with Crippen LogP contribution in [-0.4, -0.2) is 48.2 Å². The third-order valence-electron chi connectivity index (χ3n) is 5.08. The molecule has 7 heteroatoms. The molecule has 0 radical (unpaired) electrons. The summed E-state index contributed by atoms with van der Waals surface area (Å²) in [6, 6.07) is 10.0. The predicted octanol–water partition coefficient (Wildman–Crippen LogP) is 2.39. The van der Waals surface area contributed by atoms with Crippen molar-refractivity contribution in [3.63, 3.8) is 0 Å². The topological polar surface area (TPSA) is 68.5 Å². The van der Waals surface area contributed by atoms with Gasteiger partial charge in [-0.3, -0.25) is 0 Å². The van der Waals surface area contributed by atoms with E-state index in [0.29, 0.717) is 19.0 Å². The van der Waals surface area contributed by atoms with Gasteiger partial charge >= 0.3 is 0 Å². The molecule has 0 spiro atoms. The molecule has 1 fully saturated rings. The maximum Gasteiger partial charge on any atom is 0.227 e. The van der Waals surface area contributed by atoms with Crippen LogP contribution >= 0.6 is 0 Å². The van der Waals surface area contributed by atoms with Crippen LogP contribution in [0.4, 0.5) is 11.8 Å². The molecule has 140 valence electrons. The van der Waals surface area contributed by atoms with Crippen LogP contribution in [0.25, 0.3) is 0 Å². The van der Waals surface area contributed by atoms with Gasteiger partial charge in [-0.1, -0.05) is 18.2 Å². The summed E-state index contributed by atoms with van der Waals surface area (Å²) in [5, 5.41) is 9.28. The van der Waals surface area contributed by atoms with Crippen LogP contribution in [0.5, 0.6) is 5.75 Å². The van der Waals surface area contributed by atoms with Gasteiger partial charge in [0.2, 0.25) is 5.95 Å². The second kappa shape index (κ2) is 7.31. The number of benzene rings is 1. The average Bonchev–Trinajstić information content (AvgIpc) is 3.12. The number of hydrogen-bond donors (Lipinski definition) is 0. The first-order valence-electron chi connectivity index (χ1n) is 9.32. The van der Waals surface area contributed by atoms with E-state index in [1.165, 1.54) is 0 Å². The third kappa shape index (κ3) is 3.61. The molecule has 0 saturated carbocycles. The van der Waals surface area contributed by atoms with Crippen molar-refractivity contribution in [2.75, 3.05) is 37.0 Å². The number of rotatable bonds is 4. The van der Waals surface area contributed by atoms with E-state index >= 15 is 0 Å². The minimum Gasteiger partial charge on any atom is -0.490 e. The first kappa shape index (κ1) is 17.4. The van der Waals surface area contributed by atoms with Gasteiger partial charge < -0.3 is 19.4 Å². The number of fused-ring (bicyclic) bond motifs is 1. The Bertz CT molecular complexity index is 840. The molecule has 0 amide bonds. The van der Waals surface area contributed by atoms with Crippen molar-refractivity contribution < 1.29 is 4.74 Å². The Balaban J connectivity index is 1.50. The lowest BCUT2D eigenvalue weighted by molar-refractivity contribution is 0.170. The van der Waals surface area contributed by atoms with Crippen molar-refractivity contribution in [1.29, 1.82) is 5.26 Å². The average molecular weight is 364 g/mol. The number of ether oxygens (including phenoxy) is 1. The Morgan fingerprint density at radius 3 is 2.52 bits per heavy atom. The summed E-state index contributed by atoms with van der Waals surface area (Å²) in [5.74, 6) is 2.60. The monoisotopic (exact) mass is 364 g/mol. The van der Waals surface area contributed by atoms with E-state index in [1.54, 1.807) is 4.90 Å². The molecule has 1 aromatic carbocycles. The van der Waals surface area contributed by atoms with Gasteiger partial charge in [0.05, 0.1) is 18.8 Å². The number of para-hydroxylation sites is 1. The van der Waals surface area contributed by atoms with Gasteiger partial charge in [0, 0.05) is 45.6 Å². The maximum atomic E-state index is 9.28. The molecular formula is C20H24N6O. The summed E-state index contributed by atoms with van der Waals surface area (Å²) in [6.07, 6.45) is 4.36. The fourth-order valence-corrected chi connectivity index (χ4v) is 3.63. The van der Waals surface area contributed by atoms with Crippen molar-refractivity contribution in [2.45, 2.75) is 32.0 Å². The third-order valence-corrected chi connectivity index (χ3v) is 5.08. The Morgan fingerprint density at radius 2 is 1.85 bits per heavy atom. The highest BCUT2D eigenvalue weighted by atomic mass is 16.5. The van der Waals surface area contributed by atoms with E-state index < -0.39 is 0 Å². The number of anilines is 2. The summed E-state index contributed by atoms with van der Waals surface area (Å²) in [5.41, 5.74) is 2.05. The molecule has 2 aliphatic rings. The molecule has 27 heavy (non-hydrogen) atoms. The van der Waals surface area contributed by atoms with Crippen molar-refractivity contribution in [3.8, 4) is 11.9 Å². The van der Waals surface area contributed by atoms with Crippen LogP contribution in [0, 0.1) is 11.5 Å². The maximum absolute atomic E-state index is 9.28. The predicted molar refractivity (Wildman–Crippen MR) is 104 cm³/mol. The van der Waals surface area contributed by atoms with Gasteiger partial charge in [-0.05, 0) is 12.1 Å². The zero-order valence-corrected chi connectivity index (χ0v) is 15.8. The van der Waals surface area contributed by atoms with Crippen molar-refractivity contribution >= 4 is 11.8 Å². The van der Waals surface area contributed by atoms with Gasteiger partial charge in [-0.15, -0.1) is 0 Å². The Hall–Kier alpha value is -3.01. The molecule has 4 rings (SSSR count). The summed E-state index contributed by atoms with van der Waals surface area (Å²) < 4.78 is 6.11. The summed E-state index contributed by atoms with van der Waals surface area (Å²) in [4.78, 5) is 15.4. The summed E-state index contributed by atoms with van der Waals surface area (Å²) in [6.45, 7) is 2.94. The van der Waals surface area contributed by atoms with E-state index in [2.05, 4.69) is 16.1 Å². The van der Waals surface area contributed by atoms with Crippen LogP contribution < -0.4 is 14.5 Å². The zero-order chi connectivity index (χ0) is 18.8. The smallest absolute Gasteiger partial charge is 0.227 e. The van der Waals surface area contributed by atoms with Gasteiger partial charge in [0.25, 0.3) is 0 Å². The summed E-state index contributed by atoms with van der Waals surface area (Å²) in [7, 11) is 3.89. The molecule has 1 aromatic heterocycles. The largest absolute Gasteiger partial charge is 0.490 e. The van der Waals surface area contributed by atoms with E-state index in [-0.39, 0.29) is 6.10 Å². The lowest BCUT2D eigenvalue weighted by Crippen LogP contribution is -2.39. The number of piperidine rings is 1. The van der Waals surface area contributed by atoms with Crippen molar-refractivity contribution in [3.05, 3.63) is 41.6 Å². The number of hydrogen-bond acceptors (Lipinski definition) is 7. The van der Waals surface area contributed by atoms with E-state index in [1.807, 2.05) is 49.3 Å². The number of nitriles is 1. The van der Waals surface area contributed by atoms with Crippen LogP contribution in [0.15, 0.2) is 30.3 Å². The minimum atomic E-state index is 0.225. The molecule has 3 heterocycles. The molecule has 2 aliphatic heterocycles. The fraction of sp³-hybridized carbons (Fsp3) is 0.450. The van der Waals surface area contributed by atoms with E-state index in [0.717, 1.165) is 48.8 Å². The molecule has 0 atom stereocenters. The van der Waals surface area contributed by atoms with E-state index in [4.69, 9.17) is 9.72 Å². The quantitative estimate of drug-likeness (QED) is 0.772. The van der Waals surface area contributed by atoms with Crippen LogP contribution in [-0.2, 0) is 13.1 Å². The SMILES string of the molecule is CN(C)c1nc2c(c(N3CCC(Oc4ccccc4)CC3)n1)CN(C#N)C2. The number of nitrogens with zero attached hydrogens (tertiary/aromatic N) is 6. The molecule has 0 bridgehead atoms. The lowest BCUT2D eigenvalue weighted by Gasteiger charge is -2.34. The molecule has 0 unspecified atom stereocenters. The van der Waals surface area contributed by atoms with Gasteiger partial charge in [-0.25, -0.2) is 4.98 Å². The molecule has 2 aromatic rings. The Labute approximate surface area is 159 Å². The second-order valence-corrected chi connectivity index (χ2v) is 7.24. The van der Waals surface area contributed by atoms with Crippen molar-refractivity contribution in [1.82, 2.24) is 14.9 Å². The van der Waals surface area contributed by atoms with Crippen LogP contribution in [0.3, 0.4) is 0 Å². The van der Waals surface area contributed by atoms with Gasteiger partial charge in [0.1, 0.15) is 17.7 Å². The zero-order valence-electron chi connectivity index (χ0n) is 15.8. The highest BCUT2D eigenvalue weighted by Gasteiger charge is 2.30. The number of aromatic nitrogens is 2. The highest BCUT2D eigenvalue weighted by Crippen LogP contribution is 2.32. The summed E-state index contributed by atoms with van der Waals surface area (Å²) >= 11 is 0. The Morgan fingerprint density at radius 1 is 1.11 bits per heavy atom. The molecule has 0 N–H and O–H groups in total. The van der Waals surface area contributed by atoms with Crippen LogP contribution in [0.1, 0.15) is 24.1 Å². The minimum absolute atomic E-state index is 0.225. The molecule has 1 saturated heterocycles. The first-order chi connectivity index (χ1) is 13.1. The molecule has 0 aliphatic carbocycles. The standard InChI is InChI=1S/C20H24N6O/c1-24(2)20-22-18-13-25(14-21)12-17(18)19(23-20)26-10-8-16(9-11-26)27-15-6-4-3-5-7-15/h3-7,16H,8-13H2,1-2H3. The lowest BCUT2D eigenvalue weighted by atomic mass is 10.1. The van der Waals surface area contributed by atoms with E-state index in [9.17, 15) is 5.26 Å². The second-order valence-electron chi connectivity index (χ2n) is 7.24. The fourth-order valence-electron chi connectivity index (χ4n) is 3.63. The van der Waals surface area contributed by atoms with Crippen molar-refractivity contribution in [2.24, 2.45) is 0 Å². The Kier molecular flexibility index (Phi) is 4.71. The van der Waals surface area contributed by atoms with Crippen LogP contribution in [0.2, 0.25) is 0 Å². The normalized spacial score (nSPS) is 16.8. The molecule has 7 nitrogen and oxygen atoms in total.